The maximum absolute atomic E-state index is 10.8. The third-order valence-corrected chi connectivity index (χ3v) is 2.08. The number of unbranched alkanes of at least 4 members (excludes halogenated alkanes) is 2. The van der Waals surface area contributed by atoms with E-state index in [-0.39, 0.29) is 5.97 Å². The van der Waals surface area contributed by atoms with Gasteiger partial charge in [-0.1, -0.05) is 36.5 Å². The maximum atomic E-state index is 10.8. The number of carbonyl (C=O) groups is 1. The van der Waals surface area contributed by atoms with Crippen LogP contribution in [0.5, 0.6) is 0 Å². The highest BCUT2D eigenvalue weighted by Crippen LogP contribution is 1.98. The van der Waals surface area contributed by atoms with Gasteiger partial charge >= 0.3 is 5.97 Å². The van der Waals surface area contributed by atoms with Crippen molar-refractivity contribution in [2.24, 2.45) is 0 Å². The maximum Gasteiger partial charge on any atom is 0.309 e. The molecule has 0 aliphatic heterocycles. The Labute approximate surface area is 98.7 Å². The molecule has 0 saturated heterocycles. The Morgan fingerprint density at radius 2 is 1.44 bits per heavy atom. The summed E-state index contributed by atoms with van der Waals surface area (Å²) in [6.45, 7) is 2.04. The number of methoxy groups -OCH3 is 1. The highest BCUT2D eigenvalue weighted by atomic mass is 16.5. The molecule has 0 bridgehead atoms. The van der Waals surface area contributed by atoms with Crippen LogP contribution in [0.15, 0.2) is 36.5 Å². The lowest BCUT2D eigenvalue weighted by Gasteiger charge is -1.92. The van der Waals surface area contributed by atoms with E-state index >= 15 is 0 Å². The van der Waals surface area contributed by atoms with Gasteiger partial charge in [0, 0.05) is 0 Å². The van der Waals surface area contributed by atoms with Gasteiger partial charge in [0.2, 0.25) is 0 Å². The molecule has 0 aromatic rings. The van der Waals surface area contributed by atoms with Crippen molar-refractivity contribution in [3.8, 4) is 0 Å². The van der Waals surface area contributed by atoms with Crippen LogP contribution in [0.2, 0.25) is 0 Å². The van der Waals surface area contributed by atoms with Crippen LogP contribution in [-0.2, 0) is 9.53 Å². The van der Waals surface area contributed by atoms with Crippen molar-refractivity contribution < 1.29 is 9.53 Å². The van der Waals surface area contributed by atoms with Crippen molar-refractivity contribution in [2.45, 2.75) is 39.0 Å². The number of esters is 1. The molecule has 0 heterocycles. The fraction of sp³-hybridized carbons (Fsp3) is 0.500. The van der Waals surface area contributed by atoms with Crippen LogP contribution < -0.4 is 0 Å². The molecule has 2 heteroatoms. The lowest BCUT2D eigenvalue weighted by atomic mass is 10.2. The fourth-order valence-electron chi connectivity index (χ4n) is 1.17. The molecule has 0 aliphatic rings. The molecule has 16 heavy (non-hydrogen) atoms. The summed E-state index contributed by atoms with van der Waals surface area (Å²) in [5.74, 6) is -0.182. The van der Waals surface area contributed by atoms with Crippen LogP contribution in [0.25, 0.3) is 0 Å². The Hall–Kier alpha value is -1.31. The van der Waals surface area contributed by atoms with Gasteiger partial charge in [0.25, 0.3) is 0 Å². The van der Waals surface area contributed by atoms with Crippen LogP contribution in [0.4, 0.5) is 0 Å². The second-order valence-electron chi connectivity index (χ2n) is 3.45. The molecule has 0 aliphatic carbocycles. The zero-order chi connectivity index (χ0) is 12.1. The van der Waals surface area contributed by atoms with E-state index in [1.807, 2.05) is 19.1 Å². The number of rotatable bonds is 8. The van der Waals surface area contributed by atoms with E-state index in [9.17, 15) is 4.79 Å². The molecule has 0 saturated carbocycles. The van der Waals surface area contributed by atoms with Gasteiger partial charge in [-0.25, -0.2) is 0 Å². The van der Waals surface area contributed by atoms with Crippen molar-refractivity contribution in [3.05, 3.63) is 36.5 Å². The largest absolute Gasteiger partial charge is 0.469 e. The van der Waals surface area contributed by atoms with E-state index in [2.05, 4.69) is 29.0 Å². The quantitative estimate of drug-likeness (QED) is 0.355. The number of allylic oxidation sites excluding steroid dienone is 5. The minimum atomic E-state index is -0.182. The van der Waals surface area contributed by atoms with Gasteiger partial charge < -0.3 is 4.74 Å². The first-order valence-electron chi connectivity index (χ1n) is 5.79. The molecule has 2 nitrogen and oxygen atoms in total. The van der Waals surface area contributed by atoms with E-state index in [1.165, 1.54) is 7.11 Å². The smallest absolute Gasteiger partial charge is 0.309 e. The van der Waals surface area contributed by atoms with E-state index in [4.69, 9.17) is 0 Å². The Balaban J connectivity index is 3.35. The minimum absolute atomic E-state index is 0.182. The molecule has 90 valence electrons. The Kier molecular flexibility index (Phi) is 10.8. The van der Waals surface area contributed by atoms with Crippen molar-refractivity contribution in [3.63, 3.8) is 0 Å². The predicted molar refractivity (Wildman–Crippen MR) is 68.2 cm³/mol. The molecule has 0 spiro atoms. The van der Waals surface area contributed by atoms with Crippen molar-refractivity contribution in [1.82, 2.24) is 0 Å². The van der Waals surface area contributed by atoms with E-state index in [0.717, 1.165) is 25.7 Å². The van der Waals surface area contributed by atoms with Gasteiger partial charge in [0.15, 0.2) is 0 Å². The van der Waals surface area contributed by atoms with Crippen LogP contribution in [0, 0.1) is 0 Å². The fourth-order valence-corrected chi connectivity index (χ4v) is 1.17. The van der Waals surface area contributed by atoms with Crippen LogP contribution in [0.3, 0.4) is 0 Å². The lowest BCUT2D eigenvalue weighted by Crippen LogP contribution is -1.96. The summed E-state index contributed by atoms with van der Waals surface area (Å²) in [5, 5.41) is 0. The van der Waals surface area contributed by atoms with Gasteiger partial charge in [-0.15, -0.1) is 0 Å². The molecule has 0 N–H and O–H groups in total. The summed E-state index contributed by atoms with van der Waals surface area (Å²) in [5.41, 5.74) is 0. The highest BCUT2D eigenvalue weighted by molar-refractivity contribution is 5.70. The van der Waals surface area contributed by atoms with Gasteiger partial charge in [-0.3, -0.25) is 4.79 Å². The molecular formula is C14H22O2. The van der Waals surface area contributed by atoms with Crippen LogP contribution >= 0.6 is 0 Å². The SMILES string of the molecule is C/C=C\CC/C=C/CC/C=C\CC(=O)OC. The van der Waals surface area contributed by atoms with E-state index < -0.39 is 0 Å². The van der Waals surface area contributed by atoms with Gasteiger partial charge in [-0.2, -0.15) is 0 Å². The summed E-state index contributed by atoms with van der Waals surface area (Å²) in [7, 11) is 1.41. The average molecular weight is 222 g/mol. The first-order chi connectivity index (χ1) is 7.81. The highest BCUT2D eigenvalue weighted by Gasteiger charge is 1.92. The molecule has 0 aromatic carbocycles. The minimum Gasteiger partial charge on any atom is -0.469 e. The standard InChI is InChI=1S/C14H22O2/c1-3-4-5-6-7-8-9-10-11-12-13-14(15)16-2/h3-4,7-8,11-12H,5-6,9-10,13H2,1-2H3/b4-3-,8-7+,12-11-. The second-order valence-corrected chi connectivity index (χ2v) is 3.45. The molecule has 0 amide bonds. The zero-order valence-corrected chi connectivity index (χ0v) is 10.3. The van der Waals surface area contributed by atoms with E-state index in [1.54, 1.807) is 0 Å². The average Bonchev–Trinajstić information content (AvgIpc) is 2.31. The van der Waals surface area contributed by atoms with Crippen molar-refractivity contribution in [1.29, 1.82) is 0 Å². The summed E-state index contributed by atoms with van der Waals surface area (Å²) < 4.78 is 4.52. The Morgan fingerprint density at radius 1 is 0.938 bits per heavy atom. The molecule has 0 unspecified atom stereocenters. The Bertz CT molecular complexity index is 249. The lowest BCUT2D eigenvalue weighted by molar-refractivity contribution is -0.139. The molecule has 0 aromatic heterocycles. The summed E-state index contributed by atoms with van der Waals surface area (Å²) in [6, 6.07) is 0. The first-order valence-corrected chi connectivity index (χ1v) is 5.79. The third-order valence-electron chi connectivity index (χ3n) is 2.08. The van der Waals surface area contributed by atoms with Gasteiger partial charge in [-0.05, 0) is 32.6 Å². The normalized spacial score (nSPS) is 11.9. The summed E-state index contributed by atoms with van der Waals surface area (Å²) >= 11 is 0. The van der Waals surface area contributed by atoms with E-state index in [0.29, 0.717) is 6.42 Å². The summed E-state index contributed by atoms with van der Waals surface area (Å²) in [4.78, 5) is 10.8. The molecule has 0 radical (unpaired) electrons. The molecule has 0 atom stereocenters. The van der Waals surface area contributed by atoms with Gasteiger partial charge in [0.1, 0.15) is 0 Å². The third kappa shape index (κ3) is 10.8. The number of carbonyl (C=O) groups excluding carboxylic acids is 1. The van der Waals surface area contributed by atoms with Crippen molar-refractivity contribution in [2.75, 3.05) is 7.11 Å². The summed E-state index contributed by atoms with van der Waals surface area (Å²) in [6.07, 6.45) is 17.1. The molecular weight excluding hydrogens is 200 g/mol. The number of ether oxygens (including phenoxy) is 1. The first kappa shape index (κ1) is 14.7. The predicted octanol–water partition coefficient (Wildman–Crippen LogP) is 3.80. The van der Waals surface area contributed by atoms with Gasteiger partial charge in [0.05, 0.1) is 13.5 Å². The van der Waals surface area contributed by atoms with Crippen LogP contribution in [0.1, 0.15) is 39.0 Å². The molecule has 0 rings (SSSR count). The van der Waals surface area contributed by atoms with Crippen LogP contribution in [-0.4, -0.2) is 13.1 Å². The van der Waals surface area contributed by atoms with Crippen molar-refractivity contribution >= 4 is 5.97 Å². The number of hydrogen-bond donors (Lipinski definition) is 0. The zero-order valence-electron chi connectivity index (χ0n) is 10.3. The second kappa shape index (κ2) is 11.8. The Morgan fingerprint density at radius 3 is 1.94 bits per heavy atom. The topological polar surface area (TPSA) is 26.3 Å². The number of hydrogen-bond acceptors (Lipinski definition) is 2. The monoisotopic (exact) mass is 222 g/mol. The molecule has 0 fully saturated rings.